The van der Waals surface area contributed by atoms with E-state index >= 15 is 0 Å². The van der Waals surface area contributed by atoms with Gasteiger partial charge in [0.2, 0.25) is 0 Å². The topological polar surface area (TPSA) is 70.1 Å². The van der Waals surface area contributed by atoms with Crippen LogP contribution in [0.25, 0.3) is 33.1 Å². The number of H-pyrrole nitrogens is 1. The van der Waals surface area contributed by atoms with E-state index in [1.807, 2.05) is 36.3 Å². The van der Waals surface area contributed by atoms with Crippen LogP contribution in [0.1, 0.15) is 23.2 Å². The maximum atomic E-state index is 13.4. The predicted octanol–water partition coefficient (Wildman–Crippen LogP) is 3.04. The maximum absolute atomic E-state index is 13.4. The average molecular weight is 400 g/mol. The van der Waals surface area contributed by atoms with Gasteiger partial charge in [0.15, 0.2) is 0 Å². The Kier molecular flexibility index (Phi) is 3.77. The highest BCUT2D eigenvalue weighted by molar-refractivity contribution is 6.02. The molecular formula is C23H24N6O. The summed E-state index contributed by atoms with van der Waals surface area (Å²) in [5.41, 5.74) is 4.59. The fourth-order valence-corrected chi connectivity index (χ4v) is 5.27. The van der Waals surface area contributed by atoms with Gasteiger partial charge in [-0.05, 0) is 43.7 Å². The SMILES string of the molecule is CN1CC2CCC(C1)N2C(=O)c1cnc2[nH]cc(-c3ccc4nn(C)cc4c3)c2c1. The standard InChI is InChI=1S/C23H24N6O/c1-27-12-17-4-5-18(13-27)29(17)23(30)15-8-19-20(10-25-22(19)24-9-15)14-3-6-21-16(7-14)11-28(2)26-21/h3,6-11,17-18H,4-5,12-13H2,1-2H3,(H,24,25). The van der Waals surface area contributed by atoms with Gasteiger partial charge in [-0.2, -0.15) is 5.10 Å². The number of aryl methyl sites for hydroxylation is 1. The number of nitrogens with zero attached hydrogens (tertiary/aromatic N) is 5. The van der Waals surface area contributed by atoms with E-state index in [4.69, 9.17) is 0 Å². The number of carbonyl (C=O) groups is 1. The van der Waals surface area contributed by atoms with Gasteiger partial charge in [-0.15, -0.1) is 0 Å². The van der Waals surface area contributed by atoms with Crippen molar-refractivity contribution in [2.24, 2.45) is 7.05 Å². The van der Waals surface area contributed by atoms with Crippen LogP contribution in [-0.4, -0.2) is 67.7 Å². The number of carbonyl (C=O) groups excluding carboxylic acids is 1. The summed E-state index contributed by atoms with van der Waals surface area (Å²) in [6.45, 7) is 1.91. The highest BCUT2D eigenvalue weighted by Gasteiger charge is 2.41. The third kappa shape index (κ3) is 2.65. The van der Waals surface area contributed by atoms with Crippen molar-refractivity contribution in [3.05, 3.63) is 48.4 Å². The molecular weight excluding hydrogens is 376 g/mol. The van der Waals surface area contributed by atoms with Crippen molar-refractivity contribution in [3.63, 3.8) is 0 Å². The minimum Gasteiger partial charge on any atom is -0.346 e. The minimum absolute atomic E-state index is 0.111. The van der Waals surface area contributed by atoms with Crippen LogP contribution in [0.3, 0.4) is 0 Å². The van der Waals surface area contributed by atoms with Crippen molar-refractivity contribution >= 4 is 27.8 Å². The van der Waals surface area contributed by atoms with Crippen molar-refractivity contribution in [1.29, 1.82) is 0 Å². The second-order valence-electron chi connectivity index (χ2n) is 8.72. The molecule has 2 aliphatic heterocycles. The van der Waals surface area contributed by atoms with E-state index in [1.165, 1.54) is 0 Å². The molecule has 0 spiro atoms. The van der Waals surface area contributed by atoms with E-state index in [0.717, 1.165) is 59.0 Å². The fourth-order valence-electron chi connectivity index (χ4n) is 5.27. The monoisotopic (exact) mass is 400 g/mol. The summed E-state index contributed by atoms with van der Waals surface area (Å²) in [5.74, 6) is 0.111. The Morgan fingerprint density at radius 2 is 1.93 bits per heavy atom. The lowest BCUT2D eigenvalue weighted by Gasteiger charge is -2.39. The first-order chi connectivity index (χ1) is 14.6. The van der Waals surface area contributed by atoms with Crippen LogP contribution in [0.5, 0.6) is 0 Å². The molecule has 3 aromatic heterocycles. The van der Waals surface area contributed by atoms with Crippen molar-refractivity contribution < 1.29 is 4.79 Å². The molecule has 2 fully saturated rings. The number of likely N-dealkylation sites (N-methyl/N-ethyl adjacent to an activating group) is 1. The first-order valence-electron chi connectivity index (χ1n) is 10.5. The van der Waals surface area contributed by atoms with Crippen molar-refractivity contribution in [2.75, 3.05) is 20.1 Å². The summed E-state index contributed by atoms with van der Waals surface area (Å²) in [5, 5.41) is 6.53. The van der Waals surface area contributed by atoms with Crippen LogP contribution >= 0.6 is 0 Å². The van der Waals surface area contributed by atoms with E-state index < -0.39 is 0 Å². The molecule has 0 saturated carbocycles. The summed E-state index contributed by atoms with van der Waals surface area (Å²) in [6, 6.07) is 8.88. The fraction of sp³-hybridized carbons (Fsp3) is 0.348. The number of benzene rings is 1. The van der Waals surface area contributed by atoms with Gasteiger partial charge in [-0.3, -0.25) is 9.48 Å². The molecule has 4 aromatic rings. The third-order valence-corrected chi connectivity index (χ3v) is 6.61. The second-order valence-corrected chi connectivity index (χ2v) is 8.72. The molecule has 1 N–H and O–H groups in total. The van der Waals surface area contributed by atoms with Crippen LogP contribution in [0.4, 0.5) is 0 Å². The lowest BCUT2D eigenvalue weighted by Crippen LogP contribution is -2.54. The van der Waals surface area contributed by atoms with Crippen LogP contribution in [-0.2, 0) is 7.05 Å². The van der Waals surface area contributed by atoms with E-state index in [-0.39, 0.29) is 5.91 Å². The molecule has 1 amide bonds. The van der Waals surface area contributed by atoms with Gasteiger partial charge in [0.05, 0.1) is 11.1 Å². The van der Waals surface area contributed by atoms with Gasteiger partial charge in [0.25, 0.3) is 5.91 Å². The minimum atomic E-state index is 0.111. The Labute approximate surface area is 174 Å². The number of nitrogens with one attached hydrogen (secondary N) is 1. The number of aromatic amines is 1. The van der Waals surface area contributed by atoms with Gasteiger partial charge in [0.1, 0.15) is 5.65 Å². The normalized spacial score (nSPS) is 21.7. The van der Waals surface area contributed by atoms with Gasteiger partial charge >= 0.3 is 0 Å². The Hall–Kier alpha value is -3.19. The predicted molar refractivity (Wildman–Crippen MR) is 116 cm³/mol. The Balaban J connectivity index is 1.40. The van der Waals surface area contributed by atoms with Crippen molar-refractivity contribution in [2.45, 2.75) is 24.9 Å². The molecule has 2 saturated heterocycles. The van der Waals surface area contributed by atoms with Gasteiger partial charge in [0, 0.05) is 67.1 Å². The largest absolute Gasteiger partial charge is 0.346 e. The Bertz CT molecular complexity index is 1270. The molecule has 1 aromatic carbocycles. The Morgan fingerprint density at radius 3 is 2.73 bits per heavy atom. The summed E-state index contributed by atoms with van der Waals surface area (Å²) in [4.78, 5) is 25.7. The number of hydrogen-bond acceptors (Lipinski definition) is 4. The summed E-state index contributed by atoms with van der Waals surface area (Å²) >= 11 is 0. The molecule has 2 atom stereocenters. The highest BCUT2D eigenvalue weighted by atomic mass is 16.2. The molecule has 152 valence electrons. The van der Waals surface area contributed by atoms with Crippen LogP contribution in [0.2, 0.25) is 0 Å². The number of aromatic nitrogens is 4. The highest BCUT2D eigenvalue weighted by Crippen LogP contribution is 2.33. The number of amides is 1. The van der Waals surface area contributed by atoms with E-state index in [0.29, 0.717) is 17.6 Å². The number of fused-ring (bicyclic) bond motifs is 4. The molecule has 7 heteroatoms. The number of likely N-dealkylation sites (tertiary alicyclic amines) is 1. The molecule has 7 nitrogen and oxygen atoms in total. The number of hydrogen-bond donors (Lipinski definition) is 1. The molecule has 5 heterocycles. The maximum Gasteiger partial charge on any atom is 0.256 e. The Morgan fingerprint density at radius 1 is 1.13 bits per heavy atom. The van der Waals surface area contributed by atoms with E-state index in [2.05, 4.69) is 44.0 Å². The number of piperazine rings is 1. The molecule has 0 aliphatic carbocycles. The lowest BCUT2D eigenvalue weighted by atomic mass is 10.0. The number of pyridine rings is 1. The van der Waals surface area contributed by atoms with Crippen molar-refractivity contribution in [1.82, 2.24) is 29.5 Å². The summed E-state index contributed by atoms with van der Waals surface area (Å²) in [7, 11) is 4.07. The van der Waals surface area contributed by atoms with Crippen LogP contribution in [0, 0.1) is 0 Å². The molecule has 0 radical (unpaired) electrons. The first kappa shape index (κ1) is 17.7. The first-order valence-corrected chi connectivity index (χ1v) is 10.5. The zero-order chi connectivity index (χ0) is 20.4. The summed E-state index contributed by atoms with van der Waals surface area (Å²) in [6.07, 6.45) is 7.90. The smallest absolute Gasteiger partial charge is 0.256 e. The zero-order valence-corrected chi connectivity index (χ0v) is 17.2. The molecule has 2 unspecified atom stereocenters. The molecule has 30 heavy (non-hydrogen) atoms. The molecule has 6 rings (SSSR count). The summed E-state index contributed by atoms with van der Waals surface area (Å²) < 4.78 is 1.83. The third-order valence-electron chi connectivity index (χ3n) is 6.61. The number of rotatable bonds is 2. The zero-order valence-electron chi connectivity index (χ0n) is 17.2. The molecule has 2 bridgehead atoms. The van der Waals surface area contributed by atoms with Crippen molar-refractivity contribution in [3.8, 4) is 11.1 Å². The molecule has 2 aliphatic rings. The average Bonchev–Trinajstić information content (AvgIpc) is 3.39. The van der Waals surface area contributed by atoms with Crippen LogP contribution < -0.4 is 0 Å². The van der Waals surface area contributed by atoms with Gasteiger partial charge in [-0.1, -0.05) is 6.07 Å². The van der Waals surface area contributed by atoms with E-state index in [1.54, 1.807) is 6.20 Å². The van der Waals surface area contributed by atoms with Gasteiger partial charge < -0.3 is 14.8 Å². The van der Waals surface area contributed by atoms with E-state index in [9.17, 15) is 4.79 Å². The quantitative estimate of drug-likeness (QED) is 0.562. The lowest BCUT2D eigenvalue weighted by molar-refractivity contribution is 0.0472. The van der Waals surface area contributed by atoms with Gasteiger partial charge in [-0.25, -0.2) is 4.98 Å². The van der Waals surface area contributed by atoms with Crippen LogP contribution in [0.15, 0.2) is 42.9 Å². The second kappa shape index (κ2) is 6.40.